The molecule has 1 atom stereocenters. The number of rotatable bonds is 1. The van der Waals surface area contributed by atoms with Crippen molar-refractivity contribution in [2.24, 2.45) is 5.92 Å². The standard InChI is InChI=1S/C14H19N/c1-15-13-9-7-12(8-10-13)14(15)11-5-3-2-4-6-11/h2-6,12-14H,7-10H2,1H3. The number of nitrogens with zero attached hydrogens (tertiary/aromatic N) is 1. The van der Waals surface area contributed by atoms with Crippen LogP contribution in [0.25, 0.3) is 0 Å². The van der Waals surface area contributed by atoms with Gasteiger partial charge < -0.3 is 0 Å². The van der Waals surface area contributed by atoms with E-state index in [1.54, 1.807) is 0 Å². The summed E-state index contributed by atoms with van der Waals surface area (Å²) >= 11 is 0. The Labute approximate surface area is 92.1 Å². The first-order valence-electron chi connectivity index (χ1n) is 6.13. The lowest BCUT2D eigenvalue weighted by atomic mass is 9.73. The van der Waals surface area contributed by atoms with Crippen molar-refractivity contribution in [1.29, 1.82) is 0 Å². The first-order chi connectivity index (χ1) is 7.36. The zero-order valence-electron chi connectivity index (χ0n) is 9.39. The van der Waals surface area contributed by atoms with Crippen LogP contribution in [0, 0.1) is 5.92 Å². The summed E-state index contributed by atoms with van der Waals surface area (Å²) in [5.41, 5.74) is 1.52. The summed E-state index contributed by atoms with van der Waals surface area (Å²) in [5.74, 6) is 0.905. The maximum absolute atomic E-state index is 2.62. The van der Waals surface area contributed by atoms with E-state index in [4.69, 9.17) is 0 Å². The highest BCUT2D eigenvalue weighted by atomic mass is 15.2. The zero-order valence-corrected chi connectivity index (χ0v) is 9.39. The molecule has 0 amide bonds. The maximum Gasteiger partial charge on any atom is 0.0376 e. The van der Waals surface area contributed by atoms with E-state index < -0.39 is 0 Å². The normalized spacial score (nSPS) is 35.7. The van der Waals surface area contributed by atoms with E-state index in [0.717, 1.165) is 12.0 Å². The van der Waals surface area contributed by atoms with E-state index in [2.05, 4.69) is 42.3 Å². The summed E-state index contributed by atoms with van der Waals surface area (Å²) in [7, 11) is 2.31. The Morgan fingerprint density at radius 3 is 2.27 bits per heavy atom. The highest BCUT2D eigenvalue weighted by Gasteiger charge is 2.39. The Bertz CT molecular complexity index is 322. The third-order valence-corrected chi connectivity index (χ3v) is 4.34. The monoisotopic (exact) mass is 201 g/mol. The van der Waals surface area contributed by atoms with E-state index in [1.165, 1.54) is 31.2 Å². The van der Waals surface area contributed by atoms with Crippen molar-refractivity contribution in [3.05, 3.63) is 35.9 Å². The van der Waals surface area contributed by atoms with Crippen LogP contribution in [-0.2, 0) is 0 Å². The predicted molar refractivity (Wildman–Crippen MR) is 62.7 cm³/mol. The largest absolute Gasteiger partial charge is 0.296 e. The molecule has 2 bridgehead atoms. The van der Waals surface area contributed by atoms with Crippen molar-refractivity contribution in [3.63, 3.8) is 0 Å². The second-order valence-corrected chi connectivity index (χ2v) is 5.09. The number of hydrogen-bond acceptors (Lipinski definition) is 1. The number of piperidine rings is 2. The Morgan fingerprint density at radius 1 is 1.00 bits per heavy atom. The molecule has 0 N–H and O–H groups in total. The van der Waals surface area contributed by atoms with Gasteiger partial charge in [-0.3, -0.25) is 4.90 Å². The molecule has 80 valence electrons. The molecule has 1 heteroatoms. The highest BCUT2D eigenvalue weighted by molar-refractivity contribution is 5.21. The number of benzene rings is 1. The Balaban J connectivity index is 1.92. The minimum absolute atomic E-state index is 0.693. The smallest absolute Gasteiger partial charge is 0.0376 e. The van der Waals surface area contributed by atoms with Crippen LogP contribution in [0.2, 0.25) is 0 Å². The molecule has 1 unspecified atom stereocenters. The molecule has 3 fully saturated rings. The second-order valence-electron chi connectivity index (χ2n) is 5.09. The van der Waals surface area contributed by atoms with Gasteiger partial charge in [0.05, 0.1) is 0 Å². The Morgan fingerprint density at radius 2 is 1.67 bits per heavy atom. The molecular formula is C14H19N. The molecule has 2 heterocycles. The maximum atomic E-state index is 2.62. The fourth-order valence-corrected chi connectivity index (χ4v) is 3.54. The van der Waals surface area contributed by atoms with Crippen molar-refractivity contribution >= 4 is 0 Å². The van der Waals surface area contributed by atoms with Gasteiger partial charge in [0, 0.05) is 12.1 Å². The molecule has 0 radical (unpaired) electrons. The van der Waals surface area contributed by atoms with Crippen LogP contribution >= 0.6 is 0 Å². The van der Waals surface area contributed by atoms with Gasteiger partial charge in [-0.05, 0) is 44.2 Å². The molecule has 0 spiro atoms. The average molecular weight is 201 g/mol. The quantitative estimate of drug-likeness (QED) is 0.674. The highest BCUT2D eigenvalue weighted by Crippen LogP contribution is 2.46. The molecular weight excluding hydrogens is 182 g/mol. The summed E-state index contributed by atoms with van der Waals surface area (Å²) in [4.78, 5) is 2.62. The number of fused-ring (bicyclic) bond motifs is 3. The molecule has 15 heavy (non-hydrogen) atoms. The van der Waals surface area contributed by atoms with Crippen LogP contribution in [0.5, 0.6) is 0 Å². The summed E-state index contributed by atoms with van der Waals surface area (Å²) in [6.45, 7) is 0. The lowest BCUT2D eigenvalue weighted by molar-refractivity contribution is 0.00731. The van der Waals surface area contributed by atoms with Crippen molar-refractivity contribution in [3.8, 4) is 0 Å². The van der Waals surface area contributed by atoms with Crippen LogP contribution in [0.15, 0.2) is 30.3 Å². The van der Waals surface area contributed by atoms with Gasteiger partial charge in [-0.25, -0.2) is 0 Å². The summed E-state index contributed by atoms with van der Waals surface area (Å²) in [6.07, 6.45) is 5.72. The van der Waals surface area contributed by atoms with Crippen LogP contribution in [0.4, 0.5) is 0 Å². The summed E-state index contributed by atoms with van der Waals surface area (Å²) < 4.78 is 0. The molecule has 2 saturated heterocycles. The summed E-state index contributed by atoms with van der Waals surface area (Å²) in [6, 6.07) is 12.6. The second kappa shape index (κ2) is 3.64. The van der Waals surface area contributed by atoms with Crippen LogP contribution in [-0.4, -0.2) is 18.0 Å². The molecule has 0 aromatic heterocycles. The van der Waals surface area contributed by atoms with Gasteiger partial charge >= 0.3 is 0 Å². The van der Waals surface area contributed by atoms with E-state index in [1.807, 2.05) is 0 Å². The first kappa shape index (κ1) is 9.41. The SMILES string of the molecule is CN1C2CCC(CC2)C1c1ccccc1. The van der Waals surface area contributed by atoms with Crippen LogP contribution in [0.1, 0.15) is 37.3 Å². The predicted octanol–water partition coefficient (Wildman–Crippen LogP) is 3.23. The van der Waals surface area contributed by atoms with Gasteiger partial charge in [0.2, 0.25) is 0 Å². The van der Waals surface area contributed by atoms with E-state index in [-0.39, 0.29) is 0 Å². The van der Waals surface area contributed by atoms with Crippen molar-refractivity contribution in [1.82, 2.24) is 4.90 Å². The Kier molecular flexibility index (Phi) is 2.28. The van der Waals surface area contributed by atoms with Gasteiger partial charge in [0.15, 0.2) is 0 Å². The van der Waals surface area contributed by atoms with Crippen LogP contribution < -0.4 is 0 Å². The molecule has 1 aromatic carbocycles. The fraction of sp³-hybridized carbons (Fsp3) is 0.571. The Hall–Kier alpha value is -0.820. The van der Waals surface area contributed by atoms with Gasteiger partial charge in [0.1, 0.15) is 0 Å². The van der Waals surface area contributed by atoms with Gasteiger partial charge in [-0.15, -0.1) is 0 Å². The van der Waals surface area contributed by atoms with Crippen molar-refractivity contribution < 1.29 is 0 Å². The summed E-state index contributed by atoms with van der Waals surface area (Å²) in [5, 5.41) is 0. The van der Waals surface area contributed by atoms with Crippen LogP contribution in [0.3, 0.4) is 0 Å². The molecule has 1 saturated carbocycles. The molecule has 3 aliphatic rings. The van der Waals surface area contributed by atoms with E-state index >= 15 is 0 Å². The molecule has 1 aromatic rings. The number of hydrogen-bond donors (Lipinski definition) is 0. The first-order valence-corrected chi connectivity index (χ1v) is 6.13. The van der Waals surface area contributed by atoms with Gasteiger partial charge in [-0.1, -0.05) is 30.3 Å². The molecule has 1 aliphatic carbocycles. The van der Waals surface area contributed by atoms with Gasteiger partial charge in [-0.2, -0.15) is 0 Å². The molecule has 1 nitrogen and oxygen atoms in total. The minimum atomic E-state index is 0.693. The fourth-order valence-electron chi connectivity index (χ4n) is 3.54. The third-order valence-electron chi connectivity index (χ3n) is 4.34. The van der Waals surface area contributed by atoms with E-state index in [0.29, 0.717) is 6.04 Å². The van der Waals surface area contributed by atoms with Gasteiger partial charge in [0.25, 0.3) is 0 Å². The average Bonchev–Trinajstić information content (AvgIpc) is 2.31. The van der Waals surface area contributed by atoms with Crippen molar-refractivity contribution in [2.75, 3.05) is 7.05 Å². The zero-order chi connectivity index (χ0) is 10.3. The third kappa shape index (κ3) is 1.50. The molecule has 4 rings (SSSR count). The lowest BCUT2D eigenvalue weighted by Gasteiger charge is -2.50. The van der Waals surface area contributed by atoms with Crippen molar-refractivity contribution in [2.45, 2.75) is 37.8 Å². The molecule has 2 aliphatic heterocycles. The van der Waals surface area contributed by atoms with E-state index in [9.17, 15) is 0 Å². The lowest BCUT2D eigenvalue weighted by Crippen LogP contribution is -2.47. The minimum Gasteiger partial charge on any atom is -0.296 e. The topological polar surface area (TPSA) is 3.24 Å².